The first-order valence-electron chi connectivity index (χ1n) is 7.40. The van der Waals surface area contributed by atoms with Crippen molar-refractivity contribution in [2.45, 2.75) is 51.3 Å². The number of likely N-dealkylation sites (tertiary alicyclic amines) is 1. The highest BCUT2D eigenvalue weighted by Gasteiger charge is 2.45. The number of nitrogens with two attached hydrogens (primary N) is 1. The van der Waals surface area contributed by atoms with Crippen molar-refractivity contribution in [2.75, 3.05) is 20.1 Å². The van der Waals surface area contributed by atoms with Gasteiger partial charge in [-0.1, -0.05) is 5.16 Å². The SMILES string of the molecule is CN(C(=O)OC(C)(C)C)C1CN(C(/C(N)=N/O)C2CC2)C1. The first kappa shape index (κ1) is 15.9. The first-order valence-corrected chi connectivity index (χ1v) is 7.40. The number of oxime groups is 1. The van der Waals surface area contributed by atoms with Crippen LogP contribution in [0.15, 0.2) is 5.16 Å². The molecular formula is C14H26N4O3. The second-order valence-corrected chi connectivity index (χ2v) is 7.01. The Morgan fingerprint density at radius 2 is 2.00 bits per heavy atom. The van der Waals surface area contributed by atoms with Crippen LogP contribution < -0.4 is 5.73 Å². The molecule has 1 aliphatic carbocycles. The molecule has 1 unspecified atom stereocenters. The smallest absolute Gasteiger partial charge is 0.410 e. The molecule has 120 valence electrons. The van der Waals surface area contributed by atoms with Crippen LogP contribution in [0.2, 0.25) is 0 Å². The minimum absolute atomic E-state index is 0.00159. The maximum Gasteiger partial charge on any atom is 0.410 e. The summed E-state index contributed by atoms with van der Waals surface area (Å²) in [7, 11) is 1.76. The molecule has 0 aromatic carbocycles. The number of hydrogen-bond donors (Lipinski definition) is 2. The molecule has 1 heterocycles. The lowest BCUT2D eigenvalue weighted by Crippen LogP contribution is -2.65. The Bertz CT molecular complexity index is 422. The molecule has 7 nitrogen and oxygen atoms in total. The van der Waals surface area contributed by atoms with E-state index in [1.807, 2.05) is 20.8 Å². The van der Waals surface area contributed by atoms with Crippen LogP contribution in [0, 0.1) is 5.92 Å². The number of carbonyl (C=O) groups is 1. The van der Waals surface area contributed by atoms with Crippen LogP contribution in [-0.4, -0.2) is 64.8 Å². The second kappa shape index (κ2) is 5.71. The van der Waals surface area contributed by atoms with E-state index in [0.29, 0.717) is 5.92 Å². The predicted molar refractivity (Wildman–Crippen MR) is 79.3 cm³/mol. The predicted octanol–water partition coefficient (Wildman–Crippen LogP) is 1.06. The summed E-state index contributed by atoms with van der Waals surface area (Å²) in [6.07, 6.45) is 1.92. The lowest BCUT2D eigenvalue weighted by molar-refractivity contribution is -0.0106. The molecule has 1 atom stereocenters. The van der Waals surface area contributed by atoms with Gasteiger partial charge in [-0.3, -0.25) is 4.90 Å². The third-order valence-corrected chi connectivity index (χ3v) is 4.00. The van der Waals surface area contributed by atoms with Gasteiger partial charge < -0.3 is 20.6 Å². The average Bonchev–Trinajstić information content (AvgIpc) is 3.13. The maximum atomic E-state index is 12.0. The Balaban J connectivity index is 1.86. The largest absolute Gasteiger partial charge is 0.444 e. The highest BCUT2D eigenvalue weighted by atomic mass is 16.6. The van der Waals surface area contributed by atoms with Crippen LogP contribution in [0.25, 0.3) is 0 Å². The minimum atomic E-state index is -0.487. The molecule has 2 fully saturated rings. The van der Waals surface area contributed by atoms with E-state index in [1.165, 1.54) is 0 Å². The lowest BCUT2D eigenvalue weighted by atomic mass is 10.0. The van der Waals surface area contributed by atoms with Crippen molar-refractivity contribution in [3.8, 4) is 0 Å². The molecular weight excluding hydrogens is 272 g/mol. The second-order valence-electron chi connectivity index (χ2n) is 7.01. The van der Waals surface area contributed by atoms with Gasteiger partial charge in [0.2, 0.25) is 0 Å². The number of likely N-dealkylation sites (N-methyl/N-ethyl adjacent to an activating group) is 1. The molecule has 0 bridgehead atoms. The van der Waals surface area contributed by atoms with Crippen LogP contribution in [0.5, 0.6) is 0 Å². The number of amidine groups is 1. The third kappa shape index (κ3) is 3.78. The summed E-state index contributed by atoms with van der Waals surface area (Å²) in [6, 6.07) is 0.117. The Morgan fingerprint density at radius 3 is 2.43 bits per heavy atom. The fourth-order valence-electron chi connectivity index (χ4n) is 2.64. The van der Waals surface area contributed by atoms with Gasteiger partial charge in [0.1, 0.15) is 5.60 Å². The van der Waals surface area contributed by atoms with Gasteiger partial charge >= 0.3 is 6.09 Å². The topological polar surface area (TPSA) is 91.4 Å². The Kier molecular flexibility index (Phi) is 4.32. The number of rotatable bonds is 4. The lowest BCUT2D eigenvalue weighted by Gasteiger charge is -2.47. The Labute approximate surface area is 125 Å². The van der Waals surface area contributed by atoms with Crippen molar-refractivity contribution < 1.29 is 14.7 Å². The zero-order chi connectivity index (χ0) is 15.8. The van der Waals surface area contributed by atoms with Crippen molar-refractivity contribution in [3.63, 3.8) is 0 Å². The van der Waals surface area contributed by atoms with E-state index in [4.69, 9.17) is 15.7 Å². The van der Waals surface area contributed by atoms with Crippen molar-refractivity contribution in [3.05, 3.63) is 0 Å². The zero-order valence-corrected chi connectivity index (χ0v) is 13.2. The monoisotopic (exact) mass is 298 g/mol. The molecule has 1 amide bonds. The quantitative estimate of drug-likeness (QED) is 0.350. The molecule has 0 aromatic heterocycles. The van der Waals surface area contributed by atoms with Crippen LogP contribution >= 0.6 is 0 Å². The molecule has 21 heavy (non-hydrogen) atoms. The van der Waals surface area contributed by atoms with Crippen LogP contribution in [0.3, 0.4) is 0 Å². The molecule has 1 saturated heterocycles. The number of hydrogen-bond acceptors (Lipinski definition) is 5. The average molecular weight is 298 g/mol. The molecule has 3 N–H and O–H groups in total. The fourth-order valence-corrected chi connectivity index (χ4v) is 2.64. The molecule has 0 spiro atoms. The summed E-state index contributed by atoms with van der Waals surface area (Å²) in [5.41, 5.74) is 5.30. The molecule has 1 aliphatic heterocycles. The van der Waals surface area contributed by atoms with Gasteiger partial charge in [0.15, 0.2) is 5.84 Å². The summed E-state index contributed by atoms with van der Waals surface area (Å²) in [5, 5.41) is 12.0. The van der Waals surface area contributed by atoms with Crippen LogP contribution in [0.1, 0.15) is 33.6 Å². The molecule has 0 radical (unpaired) electrons. The van der Waals surface area contributed by atoms with Gasteiger partial charge in [-0.2, -0.15) is 0 Å². The normalized spacial score (nSPS) is 22.6. The number of amides is 1. The number of nitrogens with zero attached hydrogens (tertiary/aromatic N) is 3. The fraction of sp³-hybridized carbons (Fsp3) is 0.857. The van der Waals surface area contributed by atoms with Crippen molar-refractivity contribution in [2.24, 2.45) is 16.8 Å². The van der Waals surface area contributed by atoms with Gasteiger partial charge in [0.05, 0.1) is 12.1 Å². The summed E-state index contributed by atoms with van der Waals surface area (Å²) in [5.74, 6) is 0.754. The number of ether oxygens (including phenoxy) is 1. The van der Waals surface area contributed by atoms with Gasteiger partial charge in [-0.25, -0.2) is 4.79 Å². The summed E-state index contributed by atoms with van der Waals surface area (Å²) in [4.78, 5) is 15.8. The molecule has 0 aromatic rings. The summed E-state index contributed by atoms with van der Waals surface area (Å²) < 4.78 is 5.36. The van der Waals surface area contributed by atoms with E-state index in [0.717, 1.165) is 25.9 Å². The standard InChI is InChI=1S/C14H26N4O3/c1-14(2,3)21-13(19)17(4)10-7-18(8-10)11(9-5-6-9)12(15)16-20/h9-11,20H,5-8H2,1-4H3,(H2,15,16). The zero-order valence-electron chi connectivity index (χ0n) is 13.2. The summed E-state index contributed by atoms with van der Waals surface area (Å²) in [6.45, 7) is 7.02. The minimum Gasteiger partial charge on any atom is -0.444 e. The third-order valence-electron chi connectivity index (χ3n) is 4.00. The van der Waals surface area contributed by atoms with E-state index < -0.39 is 5.60 Å². The van der Waals surface area contributed by atoms with Crippen LogP contribution in [0.4, 0.5) is 4.79 Å². The Hall–Kier alpha value is -1.50. The molecule has 2 aliphatic rings. The van der Waals surface area contributed by atoms with E-state index in [2.05, 4.69) is 10.1 Å². The van der Waals surface area contributed by atoms with E-state index in [9.17, 15) is 4.79 Å². The molecule has 2 rings (SSSR count). The maximum absolute atomic E-state index is 12.0. The molecule has 1 saturated carbocycles. The summed E-state index contributed by atoms with van der Waals surface area (Å²) >= 11 is 0. The molecule has 7 heteroatoms. The van der Waals surface area contributed by atoms with Crippen molar-refractivity contribution >= 4 is 11.9 Å². The van der Waals surface area contributed by atoms with Gasteiger partial charge in [-0.15, -0.1) is 0 Å². The van der Waals surface area contributed by atoms with Gasteiger partial charge in [-0.05, 0) is 39.5 Å². The van der Waals surface area contributed by atoms with Gasteiger partial charge in [0.25, 0.3) is 0 Å². The van der Waals surface area contributed by atoms with E-state index in [-0.39, 0.29) is 24.0 Å². The first-order chi connectivity index (χ1) is 9.73. The van der Waals surface area contributed by atoms with E-state index >= 15 is 0 Å². The van der Waals surface area contributed by atoms with Crippen molar-refractivity contribution in [1.82, 2.24) is 9.80 Å². The van der Waals surface area contributed by atoms with Gasteiger partial charge in [0, 0.05) is 20.1 Å². The Morgan fingerprint density at radius 1 is 1.43 bits per heavy atom. The number of carbonyl (C=O) groups excluding carboxylic acids is 1. The van der Waals surface area contributed by atoms with Crippen LogP contribution in [-0.2, 0) is 4.74 Å². The van der Waals surface area contributed by atoms with Crippen molar-refractivity contribution in [1.29, 1.82) is 0 Å². The highest BCUT2D eigenvalue weighted by molar-refractivity contribution is 5.86. The van der Waals surface area contributed by atoms with E-state index in [1.54, 1.807) is 11.9 Å². The highest BCUT2D eigenvalue weighted by Crippen LogP contribution is 2.37.